The van der Waals surface area contributed by atoms with Crippen LogP contribution < -0.4 is 5.32 Å². The van der Waals surface area contributed by atoms with Crippen molar-refractivity contribution in [1.82, 2.24) is 40.0 Å². The Morgan fingerprint density at radius 1 is 1.09 bits per heavy atom. The molecule has 12 nitrogen and oxygen atoms in total. The first kappa shape index (κ1) is 23.5. The molecule has 0 radical (unpaired) electrons. The summed E-state index contributed by atoms with van der Waals surface area (Å²) in [5.74, 6) is -0.666. The highest BCUT2D eigenvalue weighted by molar-refractivity contribution is 5.96. The quantitative estimate of drug-likeness (QED) is 0.306. The van der Waals surface area contributed by atoms with Crippen LogP contribution in [0.2, 0.25) is 0 Å². The number of pyridine rings is 1. The number of piperazine rings is 1. The molecule has 0 spiro atoms. The van der Waals surface area contributed by atoms with Crippen LogP contribution in [0.15, 0.2) is 71.3 Å². The topological polar surface area (TPSA) is 135 Å². The van der Waals surface area contributed by atoms with Gasteiger partial charge in [-0.15, -0.1) is 10.2 Å². The van der Waals surface area contributed by atoms with Gasteiger partial charge in [-0.1, -0.05) is 30.3 Å². The van der Waals surface area contributed by atoms with Crippen molar-refractivity contribution in [2.24, 2.45) is 12.9 Å². The van der Waals surface area contributed by atoms with E-state index in [4.69, 9.17) is 8.53 Å². The second kappa shape index (κ2) is 11.0. The molecule has 43 heavy (non-hydrogen) atoms. The van der Waals surface area contributed by atoms with Crippen LogP contribution in [-0.2, 0) is 11.8 Å². The molecule has 1 aliphatic carbocycles. The van der Waals surface area contributed by atoms with E-state index in [9.17, 15) is 14.0 Å². The molecule has 7 rings (SSSR count). The van der Waals surface area contributed by atoms with Gasteiger partial charge in [-0.3, -0.25) is 19.5 Å². The summed E-state index contributed by atoms with van der Waals surface area (Å²) in [5, 5.41) is 14.7. The van der Waals surface area contributed by atoms with Crippen LogP contribution in [0.25, 0.3) is 22.6 Å². The van der Waals surface area contributed by atoms with E-state index in [0.29, 0.717) is 53.3 Å². The number of rotatable bonds is 7. The van der Waals surface area contributed by atoms with E-state index in [-0.39, 0.29) is 35.6 Å². The number of hydrogen-bond donors (Lipinski definition) is 1. The van der Waals surface area contributed by atoms with E-state index in [1.165, 1.54) is 6.20 Å². The Labute approximate surface area is 249 Å². The molecule has 1 saturated heterocycles. The van der Waals surface area contributed by atoms with Crippen molar-refractivity contribution in [3.63, 3.8) is 0 Å². The number of anilines is 1. The fourth-order valence-corrected chi connectivity index (χ4v) is 5.32. The van der Waals surface area contributed by atoms with Gasteiger partial charge < -0.3 is 14.6 Å². The summed E-state index contributed by atoms with van der Waals surface area (Å²) in [4.78, 5) is 39.0. The number of nitrogens with one attached hydrogen (secondary N) is 1. The molecule has 2 amide bonds. The molecule has 2 aromatic carbocycles. The zero-order chi connectivity index (χ0) is 32.0. The number of carbonyl (C=O) groups excluding carboxylic acids is 2. The molecule has 218 valence electrons. The van der Waals surface area contributed by atoms with Crippen LogP contribution in [0.4, 0.5) is 10.1 Å². The van der Waals surface area contributed by atoms with Gasteiger partial charge in [0, 0.05) is 47.7 Å². The summed E-state index contributed by atoms with van der Waals surface area (Å²) in [6.07, 6.45) is 0.676. The number of halogens is 1. The summed E-state index contributed by atoms with van der Waals surface area (Å²) in [5.41, 5.74) is 3.16. The van der Waals surface area contributed by atoms with Gasteiger partial charge in [0.25, 0.3) is 5.91 Å². The van der Waals surface area contributed by atoms with Crippen molar-refractivity contribution in [1.29, 1.82) is 0 Å². The van der Waals surface area contributed by atoms with Crippen LogP contribution in [0.5, 0.6) is 0 Å². The molecule has 1 saturated carbocycles. The first-order valence-electron chi connectivity index (χ1n) is 15.3. The molecule has 13 heteroatoms. The second-order valence-corrected chi connectivity index (χ2v) is 10.6. The molecule has 4 heterocycles. The number of fused-ring (bicyclic) bond motifs is 1. The zero-order valence-corrected chi connectivity index (χ0v) is 22.8. The highest BCUT2D eigenvalue weighted by Gasteiger charge is 2.43. The van der Waals surface area contributed by atoms with Crippen molar-refractivity contribution in [3.05, 3.63) is 83.9 Å². The molecule has 1 aliphatic heterocycles. The van der Waals surface area contributed by atoms with Gasteiger partial charge in [-0.2, -0.15) is 4.80 Å². The van der Waals surface area contributed by atoms with Crippen molar-refractivity contribution < 1.29 is 22.5 Å². The average Bonchev–Trinajstić information content (AvgIpc) is 3.39. The van der Waals surface area contributed by atoms with Crippen molar-refractivity contribution >= 4 is 28.6 Å². The van der Waals surface area contributed by atoms with E-state index in [1.807, 2.05) is 30.3 Å². The van der Waals surface area contributed by atoms with Crippen molar-refractivity contribution in [2.75, 3.05) is 31.5 Å². The first-order valence-corrected chi connectivity index (χ1v) is 13.8. The molecule has 1 N–H and O–H groups in total. The Morgan fingerprint density at radius 3 is 2.65 bits per heavy atom. The second-order valence-electron chi connectivity index (χ2n) is 10.6. The molecule has 2 unspecified atom stereocenters. The van der Waals surface area contributed by atoms with Gasteiger partial charge >= 0.3 is 0 Å². The minimum atomic E-state index is -2.55. The highest BCUT2D eigenvalue weighted by atomic mass is 19.1. The molecule has 2 aliphatic rings. The Morgan fingerprint density at radius 2 is 1.91 bits per heavy atom. The molecule has 5 aromatic rings. The number of oxazole rings is 1. The van der Waals surface area contributed by atoms with Gasteiger partial charge in [0.15, 0.2) is 11.4 Å². The average molecular weight is 585 g/mol. The standard InChI is InChI=1S/C30H28FN9O3/c1-38-36-27(35-37-38)26(18-5-3-2-4-6-18)39-11-13-40(14-12-39)30(42)24-15-19(9-10-32-24)29-34-23-16-20(7-8-25(23)43-29)33-28(41)21-17-22(21)31/h2-10,15-16,21-22,26H,11-14,17H2,1H3,(H,33,41)/t21?,22-,26?/m0/s1/i1D3. The molecule has 2 fully saturated rings. The van der Waals surface area contributed by atoms with Gasteiger partial charge in [0.05, 0.1) is 18.9 Å². The number of aryl methyl sites for hydroxylation is 1. The van der Waals surface area contributed by atoms with Gasteiger partial charge in [-0.25, -0.2) is 9.37 Å². The Hall–Kier alpha value is -5.04. The normalized spacial score (nSPS) is 20.7. The van der Waals surface area contributed by atoms with E-state index < -0.39 is 25.1 Å². The maximum atomic E-state index is 13.5. The Bertz CT molecular complexity index is 1910. The van der Waals surface area contributed by atoms with Crippen molar-refractivity contribution in [3.8, 4) is 11.5 Å². The predicted octanol–water partition coefficient (Wildman–Crippen LogP) is 3.26. The summed E-state index contributed by atoms with van der Waals surface area (Å²) in [7, 11) is 0. The summed E-state index contributed by atoms with van der Waals surface area (Å²) in [6.45, 7) is -0.811. The van der Waals surface area contributed by atoms with Gasteiger partial charge in [0.2, 0.25) is 11.8 Å². The van der Waals surface area contributed by atoms with Crippen LogP contribution >= 0.6 is 0 Å². The summed E-state index contributed by atoms with van der Waals surface area (Å²) < 4.78 is 42.0. The fraction of sp³-hybridized carbons (Fsp3) is 0.300. The van der Waals surface area contributed by atoms with Crippen molar-refractivity contribution in [2.45, 2.75) is 18.6 Å². The SMILES string of the molecule is [2H]C([2H])([2H])n1nnc(C(c2ccccc2)N2CCN(C(=O)c3cc(-c4nc5cc(NC(=O)C6C[C@@H]6F)ccc5o4)ccn3)CC2)n1. The number of hydrogen-bond acceptors (Lipinski definition) is 9. The third kappa shape index (κ3) is 5.46. The number of aromatic nitrogens is 6. The number of carbonyl (C=O) groups is 2. The predicted molar refractivity (Wildman–Crippen MR) is 153 cm³/mol. The molecule has 3 atom stereocenters. The molecule has 0 bridgehead atoms. The fourth-order valence-electron chi connectivity index (χ4n) is 5.32. The van der Waals surface area contributed by atoms with Crippen LogP contribution in [0, 0.1) is 5.92 Å². The van der Waals surface area contributed by atoms with Crippen LogP contribution in [0.3, 0.4) is 0 Å². The van der Waals surface area contributed by atoms with E-state index in [1.54, 1.807) is 35.2 Å². The maximum Gasteiger partial charge on any atom is 0.272 e. The van der Waals surface area contributed by atoms with Gasteiger partial charge in [0.1, 0.15) is 17.4 Å². The number of amides is 2. The number of tetrazole rings is 1. The maximum absolute atomic E-state index is 13.5. The number of benzene rings is 2. The monoisotopic (exact) mass is 584 g/mol. The lowest BCUT2D eigenvalue weighted by Crippen LogP contribution is -2.50. The van der Waals surface area contributed by atoms with Crippen LogP contribution in [-0.4, -0.2) is 84.1 Å². The zero-order valence-electron chi connectivity index (χ0n) is 25.8. The lowest BCUT2D eigenvalue weighted by Gasteiger charge is -2.38. The van der Waals surface area contributed by atoms with E-state index in [0.717, 1.165) is 5.56 Å². The molecule has 3 aromatic heterocycles. The summed E-state index contributed by atoms with van der Waals surface area (Å²) in [6, 6.07) is 17.4. The van der Waals surface area contributed by atoms with E-state index >= 15 is 0 Å². The lowest BCUT2D eigenvalue weighted by atomic mass is 10.0. The molecular formula is C30H28FN9O3. The molecular weight excluding hydrogens is 553 g/mol. The Balaban J connectivity index is 1.05. The third-order valence-electron chi connectivity index (χ3n) is 7.69. The van der Waals surface area contributed by atoms with Gasteiger partial charge in [-0.05, 0) is 47.5 Å². The van der Waals surface area contributed by atoms with Crippen LogP contribution in [0.1, 0.15) is 38.5 Å². The van der Waals surface area contributed by atoms with E-state index in [2.05, 4.69) is 35.6 Å². The summed E-state index contributed by atoms with van der Waals surface area (Å²) >= 11 is 0. The number of alkyl halides is 1. The lowest BCUT2D eigenvalue weighted by molar-refractivity contribution is -0.117. The third-order valence-corrected chi connectivity index (χ3v) is 7.69. The largest absolute Gasteiger partial charge is 0.436 e. The Kier molecular flexibility index (Phi) is 6.01. The smallest absolute Gasteiger partial charge is 0.272 e. The first-order chi connectivity index (χ1) is 22.1. The minimum absolute atomic E-state index is 0.230. The number of nitrogens with zero attached hydrogens (tertiary/aromatic N) is 8. The minimum Gasteiger partial charge on any atom is -0.436 e. The highest BCUT2D eigenvalue weighted by Crippen LogP contribution is 2.35.